The van der Waals surface area contributed by atoms with Gasteiger partial charge in [0.2, 0.25) is 5.91 Å². The van der Waals surface area contributed by atoms with E-state index >= 15 is 0 Å². The maximum Gasteiger partial charge on any atom is 0.338 e. The summed E-state index contributed by atoms with van der Waals surface area (Å²) in [6, 6.07) is 17.7. The zero-order chi connectivity index (χ0) is 25.6. The Kier molecular flexibility index (Phi) is 8.14. The van der Waals surface area contributed by atoms with E-state index in [9.17, 15) is 18.0 Å². The largest absolute Gasteiger partial charge is 0.495 e. The van der Waals surface area contributed by atoms with E-state index in [2.05, 4.69) is 5.32 Å². The minimum Gasteiger partial charge on any atom is -0.495 e. The van der Waals surface area contributed by atoms with Gasteiger partial charge in [-0.2, -0.15) is 0 Å². The molecule has 0 aliphatic carbocycles. The van der Waals surface area contributed by atoms with E-state index in [-0.39, 0.29) is 17.2 Å². The molecule has 0 fully saturated rings. The van der Waals surface area contributed by atoms with Gasteiger partial charge in [0.1, 0.15) is 12.3 Å². The summed E-state index contributed by atoms with van der Waals surface area (Å²) < 4.78 is 38.7. The predicted octanol–water partition coefficient (Wildman–Crippen LogP) is 4.32. The molecule has 3 aromatic carbocycles. The lowest BCUT2D eigenvalue weighted by atomic mass is 10.2. The average molecular weight is 497 g/mol. The first-order valence-electron chi connectivity index (χ1n) is 11.0. The Morgan fingerprint density at radius 1 is 0.914 bits per heavy atom. The molecule has 0 unspecified atom stereocenters. The predicted molar refractivity (Wildman–Crippen MR) is 134 cm³/mol. The number of esters is 1. The van der Waals surface area contributed by atoms with Crippen LogP contribution in [0.25, 0.3) is 0 Å². The summed E-state index contributed by atoms with van der Waals surface area (Å²) in [7, 11) is -2.66. The molecule has 0 saturated carbocycles. The second-order valence-corrected chi connectivity index (χ2v) is 9.71. The molecule has 3 rings (SSSR count). The fourth-order valence-corrected chi connectivity index (χ4v) is 4.79. The van der Waals surface area contributed by atoms with Crippen molar-refractivity contribution < 1.29 is 27.5 Å². The fraction of sp³-hybridized carbons (Fsp3) is 0.231. The monoisotopic (exact) mass is 496 g/mol. The number of carbonyl (C=O) groups is 2. The van der Waals surface area contributed by atoms with Crippen LogP contribution in [-0.4, -0.2) is 40.6 Å². The number of carbonyl (C=O) groups excluding carboxylic acids is 2. The molecule has 0 spiro atoms. The molecule has 3 aromatic rings. The van der Waals surface area contributed by atoms with Crippen LogP contribution in [0.1, 0.15) is 28.4 Å². The average Bonchev–Trinajstić information content (AvgIpc) is 2.83. The number of hydrogen-bond donors (Lipinski definition) is 1. The maximum absolute atomic E-state index is 13.6. The quantitative estimate of drug-likeness (QED) is 0.443. The third-order valence-electron chi connectivity index (χ3n) is 5.18. The summed E-state index contributed by atoms with van der Waals surface area (Å²) in [6.45, 7) is 5.16. The number of nitrogens with one attached hydrogen (secondary N) is 1. The lowest BCUT2D eigenvalue weighted by molar-refractivity contribution is -0.114. The highest BCUT2D eigenvalue weighted by Gasteiger charge is 2.29. The Hall–Kier alpha value is -3.85. The Bertz CT molecular complexity index is 1300. The highest BCUT2D eigenvalue weighted by atomic mass is 32.2. The molecule has 35 heavy (non-hydrogen) atoms. The summed E-state index contributed by atoms with van der Waals surface area (Å²) in [4.78, 5) is 24.9. The minimum atomic E-state index is -4.10. The maximum atomic E-state index is 13.6. The molecular weight excluding hydrogens is 468 g/mol. The molecule has 0 heterocycles. The highest BCUT2D eigenvalue weighted by molar-refractivity contribution is 7.92. The number of nitrogens with zero attached hydrogens (tertiary/aromatic N) is 1. The Labute approximate surface area is 205 Å². The van der Waals surface area contributed by atoms with Crippen molar-refractivity contribution in [1.82, 2.24) is 0 Å². The van der Waals surface area contributed by atoms with E-state index in [1.54, 1.807) is 49.4 Å². The van der Waals surface area contributed by atoms with Crippen LogP contribution in [0.4, 0.5) is 11.4 Å². The van der Waals surface area contributed by atoms with Crippen molar-refractivity contribution in [3.8, 4) is 5.75 Å². The molecule has 0 aliphatic heterocycles. The lowest BCUT2D eigenvalue weighted by Gasteiger charge is -2.26. The molecule has 0 atom stereocenters. The number of aryl methyl sites for hydroxylation is 2. The Morgan fingerprint density at radius 3 is 2.14 bits per heavy atom. The number of hydrogen-bond acceptors (Lipinski definition) is 6. The summed E-state index contributed by atoms with van der Waals surface area (Å²) in [5.41, 5.74) is 2.72. The van der Waals surface area contributed by atoms with Gasteiger partial charge in [0.15, 0.2) is 0 Å². The SMILES string of the molecule is CCOC(=O)c1ccc(NC(=O)CN(c2cc(C)ccc2OC)S(=O)(=O)c2ccc(C)cc2)cc1. The third kappa shape index (κ3) is 6.19. The molecule has 1 amide bonds. The van der Waals surface area contributed by atoms with Crippen LogP contribution >= 0.6 is 0 Å². The van der Waals surface area contributed by atoms with Gasteiger partial charge in [0.05, 0.1) is 29.9 Å². The number of methoxy groups -OCH3 is 1. The zero-order valence-electron chi connectivity index (χ0n) is 20.1. The zero-order valence-corrected chi connectivity index (χ0v) is 20.9. The number of rotatable bonds is 9. The first-order chi connectivity index (χ1) is 16.6. The van der Waals surface area contributed by atoms with Crippen molar-refractivity contribution in [1.29, 1.82) is 0 Å². The Balaban J connectivity index is 1.93. The number of ether oxygens (including phenoxy) is 2. The van der Waals surface area contributed by atoms with Gasteiger partial charge in [-0.25, -0.2) is 13.2 Å². The lowest BCUT2D eigenvalue weighted by Crippen LogP contribution is -2.38. The molecular formula is C26H28N2O6S. The molecule has 0 bridgehead atoms. The van der Waals surface area contributed by atoms with Crippen LogP contribution in [0.5, 0.6) is 5.75 Å². The number of amides is 1. The summed E-state index contributed by atoms with van der Waals surface area (Å²) in [6.07, 6.45) is 0. The second kappa shape index (κ2) is 11.1. The number of sulfonamides is 1. The van der Waals surface area contributed by atoms with Crippen LogP contribution in [0, 0.1) is 13.8 Å². The van der Waals surface area contributed by atoms with Gasteiger partial charge in [-0.05, 0) is 74.9 Å². The van der Waals surface area contributed by atoms with Crippen LogP contribution in [-0.2, 0) is 19.6 Å². The van der Waals surface area contributed by atoms with E-state index in [1.165, 1.54) is 31.4 Å². The Morgan fingerprint density at radius 2 is 1.54 bits per heavy atom. The van der Waals surface area contributed by atoms with Gasteiger partial charge in [0.25, 0.3) is 10.0 Å². The topological polar surface area (TPSA) is 102 Å². The van der Waals surface area contributed by atoms with Crippen molar-refractivity contribution in [3.63, 3.8) is 0 Å². The van der Waals surface area contributed by atoms with Crippen LogP contribution in [0.15, 0.2) is 71.6 Å². The minimum absolute atomic E-state index is 0.0539. The third-order valence-corrected chi connectivity index (χ3v) is 6.95. The summed E-state index contributed by atoms with van der Waals surface area (Å²) >= 11 is 0. The van der Waals surface area contributed by atoms with Crippen molar-refractivity contribution in [2.75, 3.05) is 29.9 Å². The van der Waals surface area contributed by atoms with Crippen LogP contribution < -0.4 is 14.4 Å². The van der Waals surface area contributed by atoms with Gasteiger partial charge in [-0.15, -0.1) is 0 Å². The first-order valence-corrected chi connectivity index (χ1v) is 12.4. The fourth-order valence-electron chi connectivity index (χ4n) is 3.37. The summed E-state index contributed by atoms with van der Waals surface area (Å²) in [5.74, 6) is -0.710. The molecule has 0 saturated heterocycles. The van der Waals surface area contributed by atoms with Crippen molar-refractivity contribution >= 4 is 33.3 Å². The van der Waals surface area contributed by atoms with Crippen LogP contribution in [0.2, 0.25) is 0 Å². The molecule has 0 aliphatic rings. The molecule has 184 valence electrons. The molecule has 0 radical (unpaired) electrons. The normalized spacial score (nSPS) is 11.0. The molecule has 9 heteroatoms. The van der Waals surface area contributed by atoms with Crippen molar-refractivity contribution in [3.05, 3.63) is 83.4 Å². The van der Waals surface area contributed by atoms with E-state index in [0.29, 0.717) is 17.0 Å². The van der Waals surface area contributed by atoms with E-state index in [4.69, 9.17) is 9.47 Å². The second-order valence-electron chi connectivity index (χ2n) is 7.85. The van der Waals surface area contributed by atoms with E-state index < -0.39 is 28.4 Å². The van der Waals surface area contributed by atoms with Gasteiger partial charge < -0.3 is 14.8 Å². The van der Waals surface area contributed by atoms with Gasteiger partial charge in [-0.1, -0.05) is 23.8 Å². The number of anilines is 2. The van der Waals surface area contributed by atoms with E-state index in [1.807, 2.05) is 13.8 Å². The summed E-state index contributed by atoms with van der Waals surface area (Å²) in [5, 5.41) is 2.69. The molecule has 1 N–H and O–H groups in total. The van der Waals surface area contributed by atoms with Gasteiger partial charge >= 0.3 is 5.97 Å². The first kappa shape index (κ1) is 25.8. The van der Waals surface area contributed by atoms with Crippen LogP contribution in [0.3, 0.4) is 0 Å². The number of benzene rings is 3. The standard InChI is InChI=1S/C26H28N2O6S/c1-5-34-26(30)20-9-11-21(12-10-20)27-25(29)17-28(23-16-19(3)8-15-24(23)33-4)35(31,32)22-13-6-18(2)7-14-22/h6-16H,5,17H2,1-4H3,(H,27,29). The van der Waals surface area contributed by atoms with E-state index in [0.717, 1.165) is 15.4 Å². The van der Waals surface area contributed by atoms with Crippen molar-refractivity contribution in [2.45, 2.75) is 25.7 Å². The smallest absolute Gasteiger partial charge is 0.338 e. The van der Waals surface area contributed by atoms with Gasteiger partial charge in [-0.3, -0.25) is 9.10 Å². The molecule has 0 aromatic heterocycles. The highest BCUT2D eigenvalue weighted by Crippen LogP contribution is 2.33. The van der Waals surface area contributed by atoms with Crippen molar-refractivity contribution in [2.24, 2.45) is 0 Å². The molecule has 8 nitrogen and oxygen atoms in total. The van der Waals surface area contributed by atoms with Gasteiger partial charge in [0, 0.05) is 5.69 Å².